The molecule has 13 heteroatoms. The second-order valence-electron chi connectivity index (χ2n) is 8.29. The van der Waals surface area contributed by atoms with Crippen molar-refractivity contribution in [2.45, 2.75) is 19.1 Å². The molecule has 9 nitrogen and oxygen atoms in total. The van der Waals surface area contributed by atoms with Gasteiger partial charge in [-0.1, -0.05) is 0 Å². The average Bonchev–Trinajstić information content (AvgIpc) is 3.23. The van der Waals surface area contributed by atoms with E-state index in [1.165, 1.54) is 22.5 Å². The fraction of sp³-hybridized carbons (Fsp3) is 0.318. The largest absolute Gasteiger partial charge is 0.373 e. The normalized spacial score (nSPS) is 17.8. The maximum absolute atomic E-state index is 14.8. The lowest BCUT2D eigenvalue weighted by Crippen LogP contribution is -2.48. The molecule has 1 aliphatic heterocycles. The summed E-state index contributed by atoms with van der Waals surface area (Å²) in [6.45, 7) is 0.582. The Morgan fingerprint density at radius 2 is 1.89 bits per heavy atom. The topological polar surface area (TPSA) is 91.0 Å². The summed E-state index contributed by atoms with van der Waals surface area (Å²) in [6.07, 6.45) is -1.69. The van der Waals surface area contributed by atoms with Crippen LogP contribution in [-0.2, 0) is 18.8 Å². The molecule has 0 N–H and O–H groups in total. The number of benzene rings is 1. The van der Waals surface area contributed by atoms with E-state index in [1.54, 1.807) is 20.2 Å². The van der Waals surface area contributed by atoms with Crippen LogP contribution in [0, 0.1) is 18.6 Å². The molecule has 4 aromatic rings. The zero-order valence-electron chi connectivity index (χ0n) is 18.8. The van der Waals surface area contributed by atoms with Crippen LogP contribution in [0.4, 0.5) is 23.5 Å². The van der Waals surface area contributed by atoms with Crippen LogP contribution in [0.15, 0.2) is 35.4 Å². The number of morpholine rings is 1. The van der Waals surface area contributed by atoms with E-state index in [1.807, 2.05) is 0 Å². The van der Waals surface area contributed by atoms with Gasteiger partial charge >= 0.3 is 6.11 Å². The molecule has 4 heterocycles. The van der Waals surface area contributed by atoms with Gasteiger partial charge in [-0.3, -0.25) is 14.0 Å². The highest BCUT2D eigenvalue weighted by Crippen LogP contribution is 2.36. The van der Waals surface area contributed by atoms with Crippen LogP contribution in [0.3, 0.4) is 0 Å². The molecular weight excluding hydrogens is 470 g/mol. The summed E-state index contributed by atoms with van der Waals surface area (Å²) in [5.74, 6) is -1.69. The van der Waals surface area contributed by atoms with E-state index in [9.17, 15) is 22.4 Å². The molecule has 1 aliphatic rings. The van der Waals surface area contributed by atoms with Gasteiger partial charge in [0.05, 0.1) is 12.7 Å². The number of hydrogen-bond acceptors (Lipinski definition) is 7. The minimum Gasteiger partial charge on any atom is -0.329 e. The molecule has 182 valence electrons. The summed E-state index contributed by atoms with van der Waals surface area (Å²) in [4.78, 5) is 27.1. The molecule has 0 radical (unpaired) electrons. The Bertz CT molecular complexity index is 1520. The highest BCUT2D eigenvalue weighted by molar-refractivity contribution is 5.89. The predicted molar refractivity (Wildman–Crippen MR) is 117 cm³/mol. The van der Waals surface area contributed by atoms with Crippen LogP contribution in [0.25, 0.3) is 22.3 Å². The van der Waals surface area contributed by atoms with Crippen LogP contribution in [0.5, 0.6) is 0 Å². The molecule has 0 spiro atoms. The van der Waals surface area contributed by atoms with Crippen molar-refractivity contribution in [1.82, 2.24) is 29.3 Å². The molecule has 3 aromatic heterocycles. The molecule has 0 aliphatic carbocycles. The molecule has 5 rings (SSSR count). The van der Waals surface area contributed by atoms with Crippen LogP contribution < -0.4 is 10.5 Å². The third-order valence-corrected chi connectivity index (χ3v) is 5.78. The van der Waals surface area contributed by atoms with Crippen molar-refractivity contribution in [3.05, 3.63) is 64.0 Å². The van der Waals surface area contributed by atoms with Crippen molar-refractivity contribution in [1.29, 1.82) is 0 Å². The van der Waals surface area contributed by atoms with Gasteiger partial charge in [0.15, 0.2) is 5.52 Å². The molecule has 1 fully saturated rings. The van der Waals surface area contributed by atoms with E-state index in [2.05, 4.69) is 20.1 Å². The van der Waals surface area contributed by atoms with Crippen molar-refractivity contribution < 1.29 is 22.3 Å². The fourth-order valence-corrected chi connectivity index (χ4v) is 3.95. The Hall–Kier alpha value is -3.87. The molecule has 0 amide bonds. The van der Waals surface area contributed by atoms with Gasteiger partial charge in [-0.2, -0.15) is 13.9 Å². The highest BCUT2D eigenvalue weighted by atomic mass is 19.3. The quantitative estimate of drug-likeness (QED) is 0.409. The predicted octanol–water partition coefficient (Wildman–Crippen LogP) is 2.88. The van der Waals surface area contributed by atoms with E-state index in [0.717, 1.165) is 17.0 Å². The monoisotopic (exact) mass is 489 g/mol. The molecule has 0 unspecified atom stereocenters. The summed E-state index contributed by atoms with van der Waals surface area (Å²) in [6, 6.07) is 2.84. The van der Waals surface area contributed by atoms with Crippen molar-refractivity contribution in [3.8, 4) is 11.3 Å². The number of fused-ring (bicyclic) bond motifs is 1. The van der Waals surface area contributed by atoms with Gasteiger partial charge in [-0.15, -0.1) is 0 Å². The number of aromatic nitrogens is 6. The average molecular weight is 489 g/mol. The standard InChI is InChI=1S/C22H19F4N7O2/c1-11-28-18-17(14-5-4-13(23)6-15(14)24)29-21(30-19(18)20(34)32(11)3)33-9-16(35-22(25,26)10-33)12-7-27-31(2)8-12/h4-8,16H,9-10H2,1-3H3/t16-/m0/s1. The lowest BCUT2D eigenvalue weighted by molar-refractivity contribution is -0.269. The van der Waals surface area contributed by atoms with E-state index < -0.39 is 36.0 Å². The summed E-state index contributed by atoms with van der Waals surface area (Å²) in [5, 5.41) is 4.00. The SMILES string of the molecule is Cc1nc2c(-c3ccc(F)cc3F)nc(N3C[C@@H](c4cnn(C)c4)OC(F)(F)C3)nc2c(=O)n1C. The van der Waals surface area contributed by atoms with Crippen LogP contribution in [0.1, 0.15) is 17.5 Å². The van der Waals surface area contributed by atoms with Gasteiger partial charge in [0.1, 0.15) is 41.3 Å². The van der Waals surface area contributed by atoms with E-state index in [4.69, 9.17) is 4.74 Å². The Morgan fingerprint density at radius 1 is 1.11 bits per heavy atom. The lowest BCUT2D eigenvalue weighted by atomic mass is 10.1. The van der Waals surface area contributed by atoms with Gasteiger partial charge in [0, 0.05) is 37.5 Å². The number of ether oxygens (including phenoxy) is 1. The summed E-state index contributed by atoms with van der Waals surface area (Å²) < 4.78 is 65.2. The molecule has 35 heavy (non-hydrogen) atoms. The summed E-state index contributed by atoms with van der Waals surface area (Å²) >= 11 is 0. The Kier molecular flexibility index (Phi) is 5.31. The lowest BCUT2D eigenvalue weighted by Gasteiger charge is -2.37. The first-order valence-corrected chi connectivity index (χ1v) is 10.5. The Labute approximate surface area is 195 Å². The van der Waals surface area contributed by atoms with Crippen LogP contribution in [0.2, 0.25) is 0 Å². The number of hydrogen-bond donors (Lipinski definition) is 0. The van der Waals surface area contributed by atoms with Crippen LogP contribution in [-0.4, -0.2) is 48.5 Å². The third kappa shape index (κ3) is 4.11. The summed E-state index contributed by atoms with van der Waals surface area (Å²) in [5.41, 5.74) is -0.627. The van der Waals surface area contributed by atoms with Gasteiger partial charge < -0.3 is 9.64 Å². The number of halogens is 4. The third-order valence-electron chi connectivity index (χ3n) is 5.78. The zero-order chi connectivity index (χ0) is 25.1. The maximum atomic E-state index is 14.8. The number of aryl methyl sites for hydroxylation is 2. The molecule has 1 aromatic carbocycles. The first-order chi connectivity index (χ1) is 16.5. The van der Waals surface area contributed by atoms with Crippen molar-refractivity contribution in [2.75, 3.05) is 18.0 Å². The highest BCUT2D eigenvalue weighted by Gasteiger charge is 2.43. The van der Waals surface area contributed by atoms with E-state index in [-0.39, 0.29) is 34.8 Å². The van der Waals surface area contributed by atoms with Gasteiger partial charge in [-0.25, -0.2) is 23.7 Å². The van der Waals surface area contributed by atoms with Crippen LogP contribution >= 0.6 is 0 Å². The zero-order valence-corrected chi connectivity index (χ0v) is 18.8. The molecular formula is C22H19F4N7O2. The van der Waals surface area contributed by atoms with E-state index >= 15 is 0 Å². The maximum Gasteiger partial charge on any atom is 0.373 e. The second-order valence-corrected chi connectivity index (χ2v) is 8.29. The molecule has 1 saturated heterocycles. The number of nitrogens with zero attached hydrogens (tertiary/aromatic N) is 7. The molecule has 0 bridgehead atoms. The second kappa shape index (κ2) is 8.12. The summed E-state index contributed by atoms with van der Waals surface area (Å²) in [7, 11) is 3.12. The first-order valence-electron chi connectivity index (χ1n) is 10.5. The first kappa shape index (κ1) is 22.9. The smallest absolute Gasteiger partial charge is 0.329 e. The molecule has 1 atom stereocenters. The van der Waals surface area contributed by atoms with Crippen molar-refractivity contribution in [2.24, 2.45) is 14.1 Å². The minimum absolute atomic E-state index is 0.0244. The van der Waals surface area contributed by atoms with E-state index in [0.29, 0.717) is 17.5 Å². The Morgan fingerprint density at radius 3 is 2.57 bits per heavy atom. The Balaban J connectivity index is 1.71. The van der Waals surface area contributed by atoms with Crippen molar-refractivity contribution >= 4 is 17.0 Å². The van der Waals surface area contributed by atoms with Gasteiger partial charge in [-0.05, 0) is 19.1 Å². The fourth-order valence-electron chi connectivity index (χ4n) is 3.95. The van der Waals surface area contributed by atoms with Gasteiger partial charge in [0.2, 0.25) is 5.95 Å². The van der Waals surface area contributed by atoms with Crippen molar-refractivity contribution in [3.63, 3.8) is 0 Å². The number of alkyl halides is 2. The molecule has 0 saturated carbocycles. The number of anilines is 1. The number of rotatable bonds is 3. The van der Waals surface area contributed by atoms with Gasteiger partial charge in [0.25, 0.3) is 5.56 Å². The minimum atomic E-state index is -3.57.